The Morgan fingerprint density at radius 3 is 2.35 bits per heavy atom. The van der Waals surface area contributed by atoms with E-state index in [1.165, 1.54) is 12.1 Å². The van der Waals surface area contributed by atoms with Gasteiger partial charge in [0.25, 0.3) is 5.91 Å². The van der Waals surface area contributed by atoms with Crippen molar-refractivity contribution in [2.24, 2.45) is 0 Å². The quantitative estimate of drug-likeness (QED) is 0.753. The number of carbonyl (C=O) groups excluding carboxylic acids is 1. The molecule has 0 aliphatic rings. The van der Waals surface area contributed by atoms with Crippen molar-refractivity contribution < 1.29 is 18.0 Å². The average Bonchev–Trinajstić information content (AvgIpc) is 2.36. The average molecular weight is 409 g/mol. The first-order chi connectivity index (χ1) is 9.38. The van der Waals surface area contributed by atoms with Crippen molar-refractivity contribution in [3.63, 3.8) is 0 Å². The van der Waals surface area contributed by atoms with Crippen LogP contribution in [0.25, 0.3) is 0 Å². The van der Waals surface area contributed by atoms with E-state index in [1.807, 2.05) is 0 Å². The number of rotatable bonds is 2. The van der Waals surface area contributed by atoms with Gasteiger partial charge in [-0.3, -0.25) is 4.79 Å². The summed E-state index contributed by atoms with van der Waals surface area (Å²) < 4.78 is 40.6. The van der Waals surface area contributed by atoms with Crippen LogP contribution in [0.1, 0.15) is 10.4 Å². The summed E-state index contributed by atoms with van der Waals surface area (Å²) >= 11 is 6.04. The van der Waals surface area contributed by atoms with Gasteiger partial charge in [-0.15, -0.1) is 0 Å². The zero-order valence-corrected chi connectivity index (χ0v) is 12.9. The molecule has 1 N–H and O–H groups in total. The smallest absolute Gasteiger partial charge is 0.258 e. The predicted molar refractivity (Wildman–Crippen MR) is 76.1 cm³/mol. The van der Waals surface area contributed by atoms with Gasteiger partial charge in [-0.2, -0.15) is 0 Å². The number of carbonyl (C=O) groups is 1. The van der Waals surface area contributed by atoms with E-state index >= 15 is 0 Å². The van der Waals surface area contributed by atoms with Crippen molar-refractivity contribution in [1.29, 1.82) is 0 Å². The van der Waals surface area contributed by atoms with Crippen LogP contribution in [-0.4, -0.2) is 5.91 Å². The van der Waals surface area contributed by atoms with Crippen molar-refractivity contribution in [1.82, 2.24) is 0 Å². The Hall–Kier alpha value is -1.34. The van der Waals surface area contributed by atoms with Crippen molar-refractivity contribution in [2.45, 2.75) is 0 Å². The van der Waals surface area contributed by atoms with Gasteiger partial charge in [0.05, 0.1) is 11.3 Å². The predicted octanol–water partition coefficient (Wildman–Crippen LogP) is 4.88. The SMILES string of the molecule is O=C(Nc1c(F)cc(F)cc1Br)c1cc(Br)ccc1F. The Labute approximate surface area is 129 Å². The van der Waals surface area contributed by atoms with Gasteiger partial charge in [0.1, 0.15) is 11.6 Å². The number of amides is 1. The number of benzene rings is 2. The normalized spacial score (nSPS) is 10.4. The highest BCUT2D eigenvalue weighted by molar-refractivity contribution is 9.10. The molecule has 0 saturated heterocycles. The van der Waals surface area contributed by atoms with Gasteiger partial charge in [0.2, 0.25) is 0 Å². The summed E-state index contributed by atoms with van der Waals surface area (Å²) in [6.07, 6.45) is 0. The molecule has 0 aromatic heterocycles. The lowest BCUT2D eigenvalue weighted by Gasteiger charge is -2.09. The van der Waals surface area contributed by atoms with Crippen LogP contribution in [0.5, 0.6) is 0 Å². The second kappa shape index (κ2) is 5.97. The molecule has 1 amide bonds. The van der Waals surface area contributed by atoms with Gasteiger partial charge in [0.15, 0.2) is 5.82 Å². The van der Waals surface area contributed by atoms with Gasteiger partial charge in [-0.25, -0.2) is 13.2 Å². The maximum absolute atomic E-state index is 13.6. The summed E-state index contributed by atoms with van der Waals surface area (Å²) in [5.41, 5.74) is -0.509. The lowest BCUT2D eigenvalue weighted by molar-refractivity contribution is 0.102. The van der Waals surface area contributed by atoms with E-state index in [9.17, 15) is 18.0 Å². The van der Waals surface area contributed by atoms with Crippen LogP contribution >= 0.6 is 31.9 Å². The maximum atomic E-state index is 13.6. The molecule has 0 saturated carbocycles. The van der Waals surface area contributed by atoms with E-state index in [-0.39, 0.29) is 15.7 Å². The van der Waals surface area contributed by atoms with E-state index in [4.69, 9.17) is 0 Å². The zero-order valence-electron chi connectivity index (χ0n) is 9.68. The van der Waals surface area contributed by atoms with Crippen molar-refractivity contribution >= 4 is 43.5 Å². The second-order valence-electron chi connectivity index (χ2n) is 3.82. The molecule has 0 bridgehead atoms. The molecule has 2 rings (SSSR count). The molecule has 7 heteroatoms. The summed E-state index contributed by atoms with van der Waals surface area (Å²) in [5, 5.41) is 2.20. The molecule has 0 radical (unpaired) electrons. The first kappa shape index (κ1) is 15.1. The van der Waals surface area contributed by atoms with Crippen LogP contribution in [0.4, 0.5) is 18.9 Å². The van der Waals surface area contributed by atoms with Gasteiger partial charge >= 0.3 is 0 Å². The minimum absolute atomic E-state index is 0.0266. The zero-order chi connectivity index (χ0) is 14.9. The van der Waals surface area contributed by atoms with Crippen LogP contribution in [0.15, 0.2) is 39.3 Å². The van der Waals surface area contributed by atoms with Gasteiger partial charge < -0.3 is 5.32 Å². The third kappa shape index (κ3) is 3.21. The molecule has 2 aromatic carbocycles. The highest BCUT2D eigenvalue weighted by atomic mass is 79.9. The monoisotopic (exact) mass is 407 g/mol. The third-order valence-electron chi connectivity index (χ3n) is 2.42. The van der Waals surface area contributed by atoms with Gasteiger partial charge in [0, 0.05) is 15.0 Å². The highest BCUT2D eigenvalue weighted by Crippen LogP contribution is 2.27. The topological polar surface area (TPSA) is 29.1 Å². The van der Waals surface area contributed by atoms with E-state index < -0.39 is 23.4 Å². The lowest BCUT2D eigenvalue weighted by atomic mass is 10.2. The molecule has 0 atom stereocenters. The second-order valence-corrected chi connectivity index (χ2v) is 5.59. The van der Waals surface area contributed by atoms with E-state index in [1.54, 1.807) is 0 Å². The molecule has 0 aliphatic carbocycles. The molecular weight excluding hydrogens is 403 g/mol. The maximum Gasteiger partial charge on any atom is 0.258 e. The Bertz CT molecular complexity index is 668. The lowest BCUT2D eigenvalue weighted by Crippen LogP contribution is -2.15. The summed E-state index contributed by atoms with van der Waals surface area (Å²) in [7, 11) is 0. The molecule has 0 aliphatic heterocycles. The number of anilines is 1. The third-order valence-corrected chi connectivity index (χ3v) is 3.54. The van der Waals surface area contributed by atoms with Crippen LogP contribution in [0.3, 0.4) is 0 Å². The van der Waals surface area contributed by atoms with Crippen LogP contribution < -0.4 is 5.32 Å². The fraction of sp³-hybridized carbons (Fsp3) is 0. The summed E-state index contributed by atoms with van der Waals surface area (Å²) in [6.45, 7) is 0. The Balaban J connectivity index is 2.35. The van der Waals surface area contributed by atoms with E-state index in [2.05, 4.69) is 37.2 Å². The molecule has 104 valence electrons. The molecule has 0 spiro atoms. The van der Waals surface area contributed by atoms with Crippen LogP contribution in [0, 0.1) is 17.5 Å². The Morgan fingerprint density at radius 2 is 1.70 bits per heavy atom. The molecular formula is C13H6Br2F3NO. The standard InChI is InChI=1S/C13H6Br2F3NO/c14-6-1-2-10(17)8(3-6)13(20)19-12-9(15)4-7(16)5-11(12)18/h1-5H,(H,19,20). The molecule has 0 fully saturated rings. The van der Waals surface area contributed by atoms with Crippen LogP contribution in [0.2, 0.25) is 0 Å². The van der Waals surface area contributed by atoms with Crippen molar-refractivity contribution in [2.75, 3.05) is 5.32 Å². The molecule has 20 heavy (non-hydrogen) atoms. The first-order valence-electron chi connectivity index (χ1n) is 5.29. The highest BCUT2D eigenvalue weighted by Gasteiger charge is 2.17. The number of halogens is 5. The number of hydrogen-bond donors (Lipinski definition) is 1. The van der Waals surface area contributed by atoms with Crippen molar-refractivity contribution in [3.05, 3.63) is 62.3 Å². The fourth-order valence-corrected chi connectivity index (χ4v) is 2.38. The minimum Gasteiger partial charge on any atom is -0.318 e. The Kier molecular flexibility index (Phi) is 4.49. The fourth-order valence-electron chi connectivity index (χ4n) is 1.51. The summed E-state index contributed by atoms with van der Waals surface area (Å²) in [5.74, 6) is -3.33. The molecule has 0 unspecified atom stereocenters. The van der Waals surface area contributed by atoms with Crippen LogP contribution in [-0.2, 0) is 0 Å². The summed E-state index contributed by atoms with van der Waals surface area (Å²) in [4.78, 5) is 11.9. The molecule has 2 aromatic rings. The van der Waals surface area contributed by atoms with E-state index in [0.29, 0.717) is 10.5 Å². The van der Waals surface area contributed by atoms with Gasteiger partial charge in [-0.1, -0.05) is 15.9 Å². The number of nitrogens with one attached hydrogen (secondary N) is 1. The largest absolute Gasteiger partial charge is 0.318 e. The summed E-state index contributed by atoms with van der Waals surface area (Å²) in [6, 6.07) is 5.42. The Morgan fingerprint density at radius 1 is 1.00 bits per heavy atom. The number of hydrogen-bond acceptors (Lipinski definition) is 1. The molecule has 2 nitrogen and oxygen atoms in total. The van der Waals surface area contributed by atoms with Crippen molar-refractivity contribution in [3.8, 4) is 0 Å². The first-order valence-corrected chi connectivity index (χ1v) is 6.88. The minimum atomic E-state index is -0.958. The van der Waals surface area contributed by atoms with Gasteiger partial charge in [-0.05, 0) is 40.2 Å². The molecule has 0 heterocycles. The van der Waals surface area contributed by atoms with E-state index in [0.717, 1.165) is 12.1 Å².